The number of aliphatic hydroxyl groups is 1. The van der Waals surface area contributed by atoms with Crippen molar-refractivity contribution in [3.8, 4) is 5.75 Å². The maximum atomic E-state index is 9.64. The lowest BCUT2D eigenvalue weighted by Crippen LogP contribution is -2.16. The Bertz CT molecular complexity index is 305. The Kier molecular flexibility index (Phi) is 4.53. The molecular weight excluding hydrogens is 258 g/mol. The van der Waals surface area contributed by atoms with Crippen molar-refractivity contribution >= 4 is 34.8 Å². The highest BCUT2D eigenvalue weighted by molar-refractivity contribution is 6.68. The molecule has 0 radical (unpaired) electrons. The molecule has 0 amide bonds. The fourth-order valence-corrected chi connectivity index (χ4v) is 1.48. The average molecular weight is 270 g/mol. The Balaban J connectivity index is 2.80. The van der Waals surface area contributed by atoms with Gasteiger partial charge < -0.3 is 9.84 Å². The van der Waals surface area contributed by atoms with Crippen LogP contribution in [0.4, 0.5) is 0 Å². The molecule has 1 atom stereocenters. The first-order chi connectivity index (χ1) is 6.95. The van der Waals surface area contributed by atoms with E-state index in [0.29, 0.717) is 12.2 Å². The summed E-state index contributed by atoms with van der Waals surface area (Å²) in [6.45, 7) is 2.48. The summed E-state index contributed by atoms with van der Waals surface area (Å²) < 4.78 is 3.53. The summed E-state index contributed by atoms with van der Waals surface area (Å²) in [4.78, 5) is 0. The average Bonchev–Trinajstić information content (AvgIpc) is 2.17. The van der Waals surface area contributed by atoms with Gasteiger partial charge in [0.15, 0.2) is 0 Å². The van der Waals surface area contributed by atoms with Gasteiger partial charge in [0.1, 0.15) is 11.9 Å². The van der Waals surface area contributed by atoms with Gasteiger partial charge in [-0.25, -0.2) is 0 Å². The van der Waals surface area contributed by atoms with Crippen molar-refractivity contribution < 1.29 is 9.84 Å². The molecule has 0 fully saturated rings. The van der Waals surface area contributed by atoms with E-state index in [1.54, 1.807) is 24.3 Å². The Hall–Kier alpha value is -0.150. The van der Waals surface area contributed by atoms with Crippen LogP contribution in [0.25, 0.3) is 0 Å². The van der Waals surface area contributed by atoms with Crippen molar-refractivity contribution in [2.24, 2.45) is 0 Å². The molecule has 0 spiro atoms. The van der Waals surface area contributed by atoms with E-state index < -0.39 is 9.90 Å². The summed E-state index contributed by atoms with van der Waals surface area (Å²) in [5, 5.41) is 9.64. The van der Waals surface area contributed by atoms with E-state index in [2.05, 4.69) is 0 Å². The van der Waals surface area contributed by atoms with Crippen molar-refractivity contribution in [2.45, 2.75) is 16.8 Å². The molecule has 0 heterocycles. The molecule has 1 N–H and O–H groups in total. The van der Waals surface area contributed by atoms with Gasteiger partial charge in [-0.15, -0.1) is 0 Å². The molecule has 5 heteroatoms. The largest absolute Gasteiger partial charge is 0.494 e. The summed E-state index contributed by atoms with van der Waals surface area (Å²) in [5.41, 5.74) is 0.540. The van der Waals surface area contributed by atoms with Crippen LogP contribution in [0.15, 0.2) is 24.3 Å². The minimum atomic E-state index is -1.72. The van der Waals surface area contributed by atoms with Crippen molar-refractivity contribution in [1.29, 1.82) is 0 Å². The number of alkyl halides is 3. The molecule has 0 bridgehead atoms. The number of aliphatic hydroxyl groups excluding tert-OH is 1. The van der Waals surface area contributed by atoms with Crippen LogP contribution in [-0.2, 0) is 0 Å². The van der Waals surface area contributed by atoms with E-state index in [1.807, 2.05) is 6.92 Å². The third-order valence-electron chi connectivity index (χ3n) is 1.82. The molecule has 0 saturated heterocycles. The van der Waals surface area contributed by atoms with Crippen LogP contribution in [0.2, 0.25) is 0 Å². The molecule has 84 valence electrons. The van der Waals surface area contributed by atoms with Gasteiger partial charge in [0.05, 0.1) is 6.61 Å². The summed E-state index contributed by atoms with van der Waals surface area (Å²) in [6.07, 6.45) is -1.14. The zero-order valence-electron chi connectivity index (χ0n) is 8.08. The summed E-state index contributed by atoms with van der Waals surface area (Å²) >= 11 is 16.7. The topological polar surface area (TPSA) is 29.5 Å². The molecule has 0 aliphatic rings. The monoisotopic (exact) mass is 268 g/mol. The van der Waals surface area contributed by atoms with E-state index in [-0.39, 0.29) is 0 Å². The Morgan fingerprint density at radius 3 is 2.20 bits per heavy atom. The van der Waals surface area contributed by atoms with Crippen LogP contribution >= 0.6 is 34.8 Å². The molecule has 1 rings (SSSR count). The van der Waals surface area contributed by atoms with Crippen molar-refractivity contribution in [1.82, 2.24) is 0 Å². The SMILES string of the molecule is CCOc1ccc(C(O)C(Cl)(Cl)Cl)cc1. The minimum absolute atomic E-state index is 0.540. The van der Waals surface area contributed by atoms with Gasteiger partial charge >= 0.3 is 0 Å². The fourth-order valence-electron chi connectivity index (χ4n) is 1.10. The second kappa shape index (κ2) is 5.26. The molecule has 1 aromatic carbocycles. The van der Waals surface area contributed by atoms with Crippen LogP contribution in [0.1, 0.15) is 18.6 Å². The summed E-state index contributed by atoms with van der Waals surface area (Å²) in [5.74, 6) is 0.720. The highest BCUT2D eigenvalue weighted by Gasteiger charge is 2.31. The van der Waals surface area contributed by atoms with Gasteiger partial charge in [-0.1, -0.05) is 46.9 Å². The van der Waals surface area contributed by atoms with Crippen LogP contribution in [0.5, 0.6) is 5.75 Å². The van der Waals surface area contributed by atoms with E-state index in [0.717, 1.165) is 5.75 Å². The highest BCUT2D eigenvalue weighted by Crippen LogP contribution is 2.39. The Labute approximate surface area is 104 Å². The molecule has 0 aromatic heterocycles. The molecule has 0 saturated carbocycles. The predicted octanol–water partition coefficient (Wildman–Crippen LogP) is 3.49. The van der Waals surface area contributed by atoms with Gasteiger partial charge in [0, 0.05) is 0 Å². The fraction of sp³-hybridized carbons (Fsp3) is 0.400. The standard InChI is InChI=1S/C10H11Cl3O2/c1-2-15-8-5-3-7(4-6-8)9(14)10(11,12)13/h3-6,9,14H,2H2,1H3. The second-order valence-corrected chi connectivity index (χ2v) is 5.32. The Morgan fingerprint density at radius 1 is 1.27 bits per heavy atom. The van der Waals surface area contributed by atoms with E-state index in [9.17, 15) is 5.11 Å². The summed E-state index contributed by atoms with van der Waals surface area (Å²) in [7, 11) is 0. The number of halogens is 3. The number of hydrogen-bond acceptors (Lipinski definition) is 2. The highest BCUT2D eigenvalue weighted by atomic mass is 35.6. The maximum Gasteiger partial charge on any atom is 0.220 e. The first-order valence-corrected chi connectivity index (χ1v) is 5.56. The van der Waals surface area contributed by atoms with Crippen LogP contribution in [-0.4, -0.2) is 15.5 Å². The third-order valence-corrected chi connectivity index (χ3v) is 2.44. The lowest BCUT2D eigenvalue weighted by molar-refractivity contribution is 0.182. The van der Waals surface area contributed by atoms with Crippen molar-refractivity contribution in [3.05, 3.63) is 29.8 Å². The quantitative estimate of drug-likeness (QED) is 0.851. The molecule has 2 nitrogen and oxygen atoms in total. The van der Waals surface area contributed by atoms with Gasteiger partial charge in [-0.3, -0.25) is 0 Å². The van der Waals surface area contributed by atoms with Crippen LogP contribution in [0, 0.1) is 0 Å². The molecule has 1 aromatic rings. The van der Waals surface area contributed by atoms with Crippen LogP contribution in [0.3, 0.4) is 0 Å². The molecule has 0 aliphatic heterocycles. The van der Waals surface area contributed by atoms with Gasteiger partial charge in [0.2, 0.25) is 3.79 Å². The lowest BCUT2D eigenvalue weighted by Gasteiger charge is -2.19. The second-order valence-electron chi connectivity index (χ2n) is 2.95. The zero-order valence-corrected chi connectivity index (χ0v) is 10.4. The molecule has 1 unspecified atom stereocenters. The number of hydrogen-bond donors (Lipinski definition) is 1. The number of rotatable bonds is 3. The molecular formula is C10H11Cl3O2. The normalized spacial score (nSPS) is 13.7. The lowest BCUT2D eigenvalue weighted by atomic mass is 10.1. The first kappa shape index (κ1) is 12.9. The number of ether oxygens (including phenoxy) is 1. The number of benzene rings is 1. The van der Waals surface area contributed by atoms with Crippen molar-refractivity contribution in [3.63, 3.8) is 0 Å². The maximum absolute atomic E-state index is 9.64. The van der Waals surface area contributed by atoms with Gasteiger partial charge in [-0.2, -0.15) is 0 Å². The van der Waals surface area contributed by atoms with Gasteiger partial charge in [0.25, 0.3) is 0 Å². The van der Waals surface area contributed by atoms with Crippen molar-refractivity contribution in [2.75, 3.05) is 6.61 Å². The molecule has 0 aliphatic carbocycles. The first-order valence-electron chi connectivity index (χ1n) is 4.42. The molecule has 15 heavy (non-hydrogen) atoms. The summed E-state index contributed by atoms with van der Waals surface area (Å²) in [6, 6.07) is 6.77. The Morgan fingerprint density at radius 2 is 1.80 bits per heavy atom. The van der Waals surface area contributed by atoms with Gasteiger partial charge in [-0.05, 0) is 24.6 Å². The van der Waals surface area contributed by atoms with E-state index >= 15 is 0 Å². The third kappa shape index (κ3) is 3.72. The smallest absolute Gasteiger partial charge is 0.220 e. The predicted molar refractivity (Wildman–Crippen MR) is 62.9 cm³/mol. The zero-order chi connectivity index (χ0) is 11.5. The van der Waals surface area contributed by atoms with E-state index in [1.165, 1.54) is 0 Å². The van der Waals surface area contributed by atoms with E-state index in [4.69, 9.17) is 39.5 Å². The van der Waals surface area contributed by atoms with Crippen LogP contribution < -0.4 is 4.74 Å². The minimum Gasteiger partial charge on any atom is -0.494 e.